The highest BCUT2D eigenvalue weighted by molar-refractivity contribution is 6.01. The molecular formula is C34H49NO9. The average molecular weight is 616 g/mol. The topological polar surface area (TPSA) is 144 Å². The van der Waals surface area contributed by atoms with Crippen molar-refractivity contribution in [3.8, 4) is 0 Å². The molecule has 11 unspecified atom stereocenters. The normalized spacial score (nSPS) is 46.1. The summed E-state index contributed by atoms with van der Waals surface area (Å²) in [5.74, 6) is -0.415. The summed E-state index contributed by atoms with van der Waals surface area (Å²) in [6.45, 7) is 7.77. The van der Waals surface area contributed by atoms with Crippen molar-refractivity contribution < 1.29 is 43.2 Å². The van der Waals surface area contributed by atoms with Gasteiger partial charge in [0.15, 0.2) is 41.3 Å². The Bertz CT molecular complexity index is 1230. The summed E-state index contributed by atoms with van der Waals surface area (Å²) < 4.78 is 30.8. The van der Waals surface area contributed by atoms with Crippen LogP contribution >= 0.6 is 0 Å². The molecule has 6 rings (SSSR count). The number of fused-ring (bicyclic) bond motifs is 7. The Kier molecular flexibility index (Phi) is 8.61. The molecule has 0 aromatic rings. The van der Waals surface area contributed by atoms with Crippen LogP contribution in [0.15, 0.2) is 23.8 Å². The summed E-state index contributed by atoms with van der Waals surface area (Å²) in [5.41, 5.74) is 4.15. The van der Waals surface area contributed by atoms with E-state index in [4.69, 9.17) is 29.4 Å². The second-order valence-corrected chi connectivity index (χ2v) is 14.5. The molecule has 4 aliphatic carbocycles. The van der Waals surface area contributed by atoms with Crippen molar-refractivity contribution in [3.63, 3.8) is 0 Å². The Morgan fingerprint density at radius 3 is 2.68 bits per heavy atom. The van der Waals surface area contributed by atoms with Gasteiger partial charge in [0.05, 0.1) is 18.8 Å². The molecule has 0 bridgehead atoms. The van der Waals surface area contributed by atoms with Gasteiger partial charge in [0.25, 0.3) is 0 Å². The van der Waals surface area contributed by atoms with Gasteiger partial charge in [-0.15, -0.1) is 0 Å². The number of ether oxygens (including phenoxy) is 5. The minimum absolute atomic E-state index is 0.00691. The predicted octanol–water partition coefficient (Wildman–Crippen LogP) is 3.53. The average Bonchev–Trinajstić information content (AvgIpc) is 3.36. The van der Waals surface area contributed by atoms with Crippen LogP contribution in [0.3, 0.4) is 0 Å². The van der Waals surface area contributed by atoms with Gasteiger partial charge in [-0.05, 0) is 82.3 Å². The van der Waals surface area contributed by atoms with Crippen LogP contribution in [0.1, 0.15) is 85.5 Å². The molecule has 244 valence electrons. The fourth-order valence-corrected chi connectivity index (χ4v) is 9.92. The number of nitrogens with two attached hydrogens (primary N) is 1. The van der Waals surface area contributed by atoms with E-state index >= 15 is 0 Å². The van der Waals surface area contributed by atoms with E-state index in [9.17, 15) is 19.5 Å². The van der Waals surface area contributed by atoms with E-state index in [1.54, 1.807) is 12.2 Å². The molecule has 2 aliphatic heterocycles. The molecule has 0 radical (unpaired) electrons. The summed E-state index contributed by atoms with van der Waals surface area (Å²) in [5, 5.41) is 11.9. The number of ketones is 3. The number of aliphatic hydroxyl groups excluding tert-OH is 1. The zero-order chi connectivity index (χ0) is 31.5. The maximum Gasteiger partial charge on any atom is 0.195 e. The van der Waals surface area contributed by atoms with E-state index in [2.05, 4.69) is 13.8 Å². The second-order valence-electron chi connectivity index (χ2n) is 14.5. The molecule has 10 nitrogen and oxygen atoms in total. The van der Waals surface area contributed by atoms with Crippen LogP contribution in [0.4, 0.5) is 0 Å². The van der Waals surface area contributed by atoms with Crippen LogP contribution in [0.25, 0.3) is 0 Å². The Morgan fingerprint density at radius 2 is 1.93 bits per heavy atom. The van der Waals surface area contributed by atoms with Crippen molar-refractivity contribution in [2.45, 2.75) is 122 Å². The molecule has 11 atom stereocenters. The lowest BCUT2D eigenvalue weighted by Crippen LogP contribution is -2.68. The summed E-state index contributed by atoms with van der Waals surface area (Å²) in [4.78, 5) is 38.0. The predicted molar refractivity (Wildman–Crippen MR) is 159 cm³/mol. The first-order chi connectivity index (χ1) is 20.9. The third kappa shape index (κ3) is 5.00. The molecule has 5 fully saturated rings. The van der Waals surface area contributed by atoms with E-state index in [1.807, 2.05) is 13.0 Å². The third-order valence-corrected chi connectivity index (χ3v) is 11.7. The van der Waals surface area contributed by atoms with Crippen LogP contribution in [0, 0.1) is 28.6 Å². The molecule has 2 heterocycles. The van der Waals surface area contributed by atoms with E-state index in [0.29, 0.717) is 25.7 Å². The molecule has 2 saturated heterocycles. The zero-order valence-electron chi connectivity index (χ0n) is 26.5. The SMILES string of the molecule is CCCC1OC2(N)CC3C4CCC5=CC(=O)C=CC5(C)C4C(O)CC3(C)C2(C(=O)COC2CCCC(COCC(C)=O)O2)O1. The number of carbonyl (C=O) groups is 3. The fourth-order valence-electron chi connectivity index (χ4n) is 9.92. The summed E-state index contributed by atoms with van der Waals surface area (Å²) in [6.07, 6.45) is 9.17. The van der Waals surface area contributed by atoms with Crippen molar-refractivity contribution in [2.75, 3.05) is 19.8 Å². The Balaban J connectivity index is 1.25. The quantitative estimate of drug-likeness (QED) is 0.375. The van der Waals surface area contributed by atoms with E-state index in [1.165, 1.54) is 6.92 Å². The van der Waals surface area contributed by atoms with Gasteiger partial charge >= 0.3 is 0 Å². The van der Waals surface area contributed by atoms with E-state index in [0.717, 1.165) is 37.7 Å². The second kappa shape index (κ2) is 11.8. The minimum Gasteiger partial charge on any atom is -0.393 e. The molecule has 3 saturated carbocycles. The monoisotopic (exact) mass is 615 g/mol. The van der Waals surface area contributed by atoms with Crippen molar-refractivity contribution in [1.82, 2.24) is 0 Å². The lowest BCUT2D eigenvalue weighted by Gasteiger charge is -2.59. The first kappa shape index (κ1) is 32.2. The number of Topliss-reactive ketones (excluding diaryl/α,β-unsaturated/α-hetero) is 2. The maximum absolute atomic E-state index is 14.6. The molecule has 3 N–H and O–H groups in total. The van der Waals surface area contributed by atoms with E-state index < -0.39 is 40.8 Å². The van der Waals surface area contributed by atoms with Crippen LogP contribution in [-0.2, 0) is 38.1 Å². The lowest BCUT2D eigenvalue weighted by molar-refractivity contribution is -0.220. The van der Waals surface area contributed by atoms with Crippen LogP contribution in [0.5, 0.6) is 0 Å². The largest absolute Gasteiger partial charge is 0.393 e. The Hall–Kier alpha value is -1.79. The third-order valence-electron chi connectivity index (χ3n) is 11.7. The minimum atomic E-state index is -1.50. The number of hydrogen-bond donors (Lipinski definition) is 2. The summed E-state index contributed by atoms with van der Waals surface area (Å²) in [7, 11) is 0. The molecule has 44 heavy (non-hydrogen) atoms. The van der Waals surface area contributed by atoms with Gasteiger partial charge < -0.3 is 34.5 Å². The summed E-state index contributed by atoms with van der Waals surface area (Å²) >= 11 is 0. The highest BCUT2D eigenvalue weighted by Crippen LogP contribution is 2.71. The van der Waals surface area contributed by atoms with Crippen LogP contribution in [0.2, 0.25) is 0 Å². The van der Waals surface area contributed by atoms with Crippen molar-refractivity contribution in [1.29, 1.82) is 0 Å². The fraction of sp³-hybridized carbons (Fsp3) is 0.794. The van der Waals surface area contributed by atoms with Gasteiger partial charge in [0.2, 0.25) is 0 Å². The van der Waals surface area contributed by atoms with Crippen LogP contribution < -0.4 is 5.73 Å². The number of rotatable bonds is 10. The van der Waals surface area contributed by atoms with E-state index in [-0.39, 0.29) is 61.0 Å². The molecule has 0 amide bonds. The molecule has 6 aliphatic rings. The smallest absolute Gasteiger partial charge is 0.195 e. The molecule has 10 heteroatoms. The lowest BCUT2D eigenvalue weighted by atomic mass is 9.46. The van der Waals surface area contributed by atoms with Gasteiger partial charge in [0, 0.05) is 16.7 Å². The number of allylic oxidation sites excluding steroid dienone is 4. The Labute approximate surface area is 260 Å². The summed E-state index contributed by atoms with van der Waals surface area (Å²) in [6, 6.07) is 0. The van der Waals surface area contributed by atoms with Gasteiger partial charge in [-0.3, -0.25) is 14.4 Å². The molecular weight excluding hydrogens is 566 g/mol. The van der Waals surface area contributed by atoms with Gasteiger partial charge in [0.1, 0.15) is 13.2 Å². The standard InChI is InChI=1S/C34H49NO9/c1-5-7-29-43-33(35)15-25-24-11-10-21-14-22(37)12-13-31(21,3)30(24)26(38)16-32(25,4)34(33,44-29)27(39)19-41-28-9-6-8-23(42-28)18-40-17-20(2)36/h12-14,23-26,28-30,38H,5-11,15-19,35H2,1-4H3. The number of carbonyl (C=O) groups excluding carboxylic acids is 3. The highest BCUT2D eigenvalue weighted by Gasteiger charge is 2.80. The van der Waals surface area contributed by atoms with Crippen molar-refractivity contribution >= 4 is 17.3 Å². The zero-order valence-corrected chi connectivity index (χ0v) is 26.5. The van der Waals surface area contributed by atoms with Crippen molar-refractivity contribution in [2.24, 2.45) is 34.3 Å². The van der Waals surface area contributed by atoms with Gasteiger partial charge in [-0.2, -0.15) is 0 Å². The van der Waals surface area contributed by atoms with Crippen molar-refractivity contribution in [3.05, 3.63) is 23.8 Å². The highest BCUT2D eigenvalue weighted by atomic mass is 16.8. The number of hydrogen-bond acceptors (Lipinski definition) is 10. The maximum atomic E-state index is 14.6. The number of aliphatic hydroxyl groups is 1. The molecule has 0 aromatic carbocycles. The first-order valence-corrected chi connectivity index (χ1v) is 16.5. The van der Waals surface area contributed by atoms with Crippen LogP contribution in [-0.4, -0.2) is 78.4 Å². The molecule has 0 spiro atoms. The first-order valence-electron chi connectivity index (χ1n) is 16.5. The van der Waals surface area contributed by atoms with Gasteiger partial charge in [-0.1, -0.05) is 38.8 Å². The van der Waals surface area contributed by atoms with Gasteiger partial charge in [-0.25, -0.2) is 0 Å². The molecule has 0 aromatic heterocycles. The Morgan fingerprint density at radius 1 is 1.14 bits per heavy atom.